The van der Waals surface area contributed by atoms with Gasteiger partial charge in [0.1, 0.15) is 10.8 Å². The van der Waals surface area contributed by atoms with Gasteiger partial charge in [-0.2, -0.15) is 13.2 Å². The van der Waals surface area contributed by atoms with Crippen LogP contribution in [0, 0.1) is 5.82 Å². The number of pyridine rings is 1. The average molecular weight is 449 g/mol. The Kier molecular flexibility index (Phi) is 5.44. The highest BCUT2D eigenvalue weighted by atomic mass is 32.2. The Balaban J connectivity index is 1.56. The van der Waals surface area contributed by atoms with E-state index in [1.807, 2.05) is 0 Å². The number of hydrogen-bond acceptors (Lipinski definition) is 5. The van der Waals surface area contributed by atoms with E-state index in [1.165, 1.54) is 47.9 Å². The van der Waals surface area contributed by atoms with Gasteiger partial charge in [0.05, 0.1) is 16.4 Å². The highest BCUT2D eigenvalue weighted by Crippen LogP contribution is 2.37. The summed E-state index contributed by atoms with van der Waals surface area (Å²) in [5.74, 6) is -0.939. The molecule has 0 aliphatic heterocycles. The minimum Gasteiger partial charge on any atom is -0.322 e. The fourth-order valence-electron chi connectivity index (χ4n) is 2.69. The van der Waals surface area contributed by atoms with Crippen molar-refractivity contribution < 1.29 is 22.4 Å². The van der Waals surface area contributed by atoms with Crippen molar-refractivity contribution >= 4 is 44.9 Å². The van der Waals surface area contributed by atoms with Crippen molar-refractivity contribution in [3.8, 4) is 10.6 Å². The summed E-state index contributed by atoms with van der Waals surface area (Å²) in [5, 5.41) is 3.16. The fourth-order valence-corrected chi connectivity index (χ4v) is 4.28. The number of anilines is 1. The number of carbonyl (C=O) groups is 1. The van der Waals surface area contributed by atoms with Crippen LogP contribution in [0.4, 0.5) is 23.2 Å². The number of carbonyl (C=O) groups excluding carboxylic acids is 1. The van der Waals surface area contributed by atoms with E-state index in [1.54, 1.807) is 18.2 Å². The lowest BCUT2D eigenvalue weighted by Crippen LogP contribution is -2.11. The summed E-state index contributed by atoms with van der Waals surface area (Å²) in [6, 6.07) is 11.7. The summed E-state index contributed by atoms with van der Waals surface area (Å²) in [4.78, 5) is 20.8. The molecule has 4 rings (SSSR count). The maximum absolute atomic E-state index is 13.4. The number of fused-ring (bicyclic) bond motifs is 1. The number of aromatic nitrogens is 2. The molecule has 10 heteroatoms. The molecule has 0 atom stereocenters. The zero-order valence-corrected chi connectivity index (χ0v) is 16.5. The number of nitrogens with zero attached hydrogens (tertiary/aromatic N) is 2. The number of nitrogens with one attached hydrogen (secondary N) is 1. The predicted octanol–water partition coefficient (Wildman–Crippen LogP) is 6.36. The van der Waals surface area contributed by atoms with Crippen LogP contribution in [0.15, 0.2) is 65.8 Å². The maximum atomic E-state index is 13.4. The molecule has 0 fully saturated rings. The van der Waals surface area contributed by atoms with Crippen LogP contribution in [0.25, 0.3) is 20.8 Å². The number of thiazole rings is 1. The fraction of sp³-hybridized carbons (Fsp3) is 0.0500. The summed E-state index contributed by atoms with van der Waals surface area (Å²) in [5.41, 5.74) is -2.66. The molecule has 0 bridgehead atoms. The van der Waals surface area contributed by atoms with Crippen LogP contribution in [-0.2, 0) is 0 Å². The first-order valence-corrected chi connectivity index (χ1v) is 10.1. The van der Waals surface area contributed by atoms with Crippen LogP contribution in [0.3, 0.4) is 0 Å². The first-order valence-electron chi connectivity index (χ1n) is 8.45. The Morgan fingerprint density at radius 1 is 1.07 bits per heavy atom. The highest BCUT2D eigenvalue weighted by molar-refractivity contribution is 8.00. The number of amides is 1. The first-order chi connectivity index (χ1) is 14.3. The quantitative estimate of drug-likeness (QED) is 0.291. The van der Waals surface area contributed by atoms with E-state index in [9.17, 15) is 22.4 Å². The minimum absolute atomic E-state index is 0.0217. The largest absolute Gasteiger partial charge is 0.446 e. The third-order valence-corrected chi connectivity index (χ3v) is 5.72. The molecular weight excluding hydrogens is 438 g/mol. The van der Waals surface area contributed by atoms with Gasteiger partial charge in [-0.3, -0.25) is 9.78 Å². The van der Waals surface area contributed by atoms with Gasteiger partial charge in [0.2, 0.25) is 0 Å². The lowest BCUT2D eigenvalue weighted by atomic mass is 10.2. The molecule has 0 aliphatic carbocycles. The Morgan fingerprint density at radius 3 is 2.67 bits per heavy atom. The van der Waals surface area contributed by atoms with Crippen LogP contribution < -0.4 is 5.32 Å². The molecule has 0 unspecified atom stereocenters. The van der Waals surface area contributed by atoms with Crippen LogP contribution >= 0.6 is 23.1 Å². The topological polar surface area (TPSA) is 54.9 Å². The number of hydrogen-bond donors (Lipinski definition) is 1. The first kappa shape index (κ1) is 20.3. The van der Waals surface area contributed by atoms with Crippen molar-refractivity contribution in [3.05, 3.63) is 72.3 Å². The van der Waals surface area contributed by atoms with E-state index < -0.39 is 17.2 Å². The minimum atomic E-state index is -4.41. The van der Waals surface area contributed by atoms with E-state index >= 15 is 0 Å². The van der Waals surface area contributed by atoms with Gasteiger partial charge in [-0.05, 0) is 54.2 Å². The lowest BCUT2D eigenvalue weighted by molar-refractivity contribution is -0.0328. The molecule has 2 aromatic carbocycles. The van der Waals surface area contributed by atoms with E-state index in [0.717, 1.165) is 6.20 Å². The van der Waals surface area contributed by atoms with Crippen molar-refractivity contribution in [2.24, 2.45) is 0 Å². The third-order valence-electron chi connectivity index (χ3n) is 3.93. The molecule has 0 radical (unpaired) electrons. The number of halogens is 4. The second kappa shape index (κ2) is 8.04. The van der Waals surface area contributed by atoms with Gasteiger partial charge in [-0.15, -0.1) is 11.3 Å². The summed E-state index contributed by atoms with van der Waals surface area (Å²) in [7, 11) is 0. The molecule has 0 saturated carbocycles. The zero-order chi connectivity index (χ0) is 21.3. The Bertz CT molecular complexity index is 1240. The molecule has 152 valence electrons. The normalized spacial score (nSPS) is 11.6. The Morgan fingerprint density at radius 2 is 1.90 bits per heavy atom. The smallest absolute Gasteiger partial charge is 0.322 e. The van der Waals surface area contributed by atoms with E-state index in [4.69, 9.17) is 0 Å². The number of benzene rings is 2. The second-order valence-electron chi connectivity index (χ2n) is 6.12. The molecule has 0 saturated heterocycles. The van der Waals surface area contributed by atoms with Gasteiger partial charge in [-0.25, -0.2) is 9.37 Å². The Labute approximate surface area is 176 Å². The highest BCUT2D eigenvalue weighted by Gasteiger charge is 2.29. The molecule has 0 aliphatic rings. The summed E-state index contributed by atoms with van der Waals surface area (Å²) >= 11 is 1.03. The van der Waals surface area contributed by atoms with Crippen LogP contribution in [0.2, 0.25) is 0 Å². The maximum Gasteiger partial charge on any atom is 0.446 e. The van der Waals surface area contributed by atoms with Gasteiger partial charge >= 0.3 is 5.51 Å². The SMILES string of the molecule is O=C(Nc1cccc(SC(F)(F)F)c1)c1ccc2nc(-c3cncc(F)c3)sc2c1. The third kappa shape index (κ3) is 4.77. The molecule has 1 amide bonds. The molecule has 4 nitrogen and oxygen atoms in total. The van der Waals surface area contributed by atoms with Crippen LogP contribution in [0.1, 0.15) is 10.4 Å². The predicted molar refractivity (Wildman–Crippen MR) is 109 cm³/mol. The van der Waals surface area contributed by atoms with E-state index in [2.05, 4.69) is 15.3 Å². The van der Waals surface area contributed by atoms with Gasteiger partial charge in [0, 0.05) is 27.9 Å². The van der Waals surface area contributed by atoms with Crippen molar-refractivity contribution in [3.63, 3.8) is 0 Å². The van der Waals surface area contributed by atoms with Crippen molar-refractivity contribution in [1.29, 1.82) is 0 Å². The van der Waals surface area contributed by atoms with E-state index in [-0.39, 0.29) is 22.3 Å². The van der Waals surface area contributed by atoms with Crippen molar-refractivity contribution in [2.45, 2.75) is 10.4 Å². The second-order valence-corrected chi connectivity index (χ2v) is 8.29. The zero-order valence-electron chi connectivity index (χ0n) is 14.9. The number of thioether (sulfide) groups is 1. The molecule has 2 heterocycles. The number of rotatable bonds is 4. The monoisotopic (exact) mass is 449 g/mol. The van der Waals surface area contributed by atoms with E-state index in [0.29, 0.717) is 26.4 Å². The van der Waals surface area contributed by atoms with Crippen molar-refractivity contribution in [2.75, 3.05) is 5.32 Å². The summed E-state index contributed by atoms with van der Waals surface area (Å²) in [6.45, 7) is 0. The van der Waals surface area contributed by atoms with Gasteiger partial charge in [0.25, 0.3) is 5.91 Å². The molecule has 4 aromatic rings. The van der Waals surface area contributed by atoms with Crippen LogP contribution in [0.5, 0.6) is 0 Å². The molecular formula is C20H11F4N3OS2. The summed E-state index contributed by atoms with van der Waals surface area (Å²) in [6.07, 6.45) is 2.60. The molecule has 30 heavy (non-hydrogen) atoms. The van der Waals surface area contributed by atoms with Gasteiger partial charge in [0.15, 0.2) is 0 Å². The van der Waals surface area contributed by atoms with Crippen molar-refractivity contribution in [1.82, 2.24) is 9.97 Å². The summed E-state index contributed by atoms with van der Waals surface area (Å²) < 4.78 is 51.7. The standard InChI is InChI=1S/C20H11F4N3OS2/c21-13-6-12(9-25-10-13)19-27-16-5-4-11(7-17(16)29-19)18(28)26-14-2-1-3-15(8-14)30-20(22,23)24/h1-10H,(H,26,28). The lowest BCUT2D eigenvalue weighted by Gasteiger charge is -2.09. The molecule has 1 N–H and O–H groups in total. The number of alkyl halides is 3. The molecule has 0 spiro atoms. The Hall–Kier alpha value is -2.98. The average Bonchev–Trinajstić information content (AvgIpc) is 3.10. The molecule has 2 aromatic heterocycles. The van der Waals surface area contributed by atoms with Crippen LogP contribution in [-0.4, -0.2) is 21.4 Å². The van der Waals surface area contributed by atoms with Gasteiger partial charge < -0.3 is 5.32 Å². The van der Waals surface area contributed by atoms with Gasteiger partial charge in [-0.1, -0.05) is 6.07 Å².